The van der Waals surface area contributed by atoms with Crippen LogP contribution in [-0.4, -0.2) is 9.97 Å². The van der Waals surface area contributed by atoms with Crippen LogP contribution in [0, 0.1) is 0 Å². The van der Waals surface area contributed by atoms with Crippen LogP contribution in [0.4, 0.5) is 0 Å². The van der Waals surface area contributed by atoms with Gasteiger partial charge < -0.3 is 5.11 Å². The van der Waals surface area contributed by atoms with Gasteiger partial charge in [-0.3, -0.25) is 0 Å². The number of rotatable bonds is 1. The molecule has 3 aromatic rings. The summed E-state index contributed by atoms with van der Waals surface area (Å²) in [5.74, 6) is 0.253. The zero-order chi connectivity index (χ0) is 11.7. The maximum Gasteiger partial charge on any atom is 1.00 e. The molecule has 0 bridgehead atoms. The molecule has 3 nitrogen and oxygen atoms in total. The van der Waals surface area contributed by atoms with Crippen molar-refractivity contribution in [2.75, 3.05) is 0 Å². The minimum absolute atomic E-state index is 0. The normalized spacial score (nSPS) is 10.0. The van der Waals surface area contributed by atoms with Crippen LogP contribution in [0.2, 0.25) is 0 Å². The van der Waals surface area contributed by atoms with Gasteiger partial charge in [0.15, 0.2) is 5.82 Å². The van der Waals surface area contributed by atoms with Gasteiger partial charge in [0.2, 0.25) is 0 Å². The van der Waals surface area contributed by atoms with E-state index in [1.165, 1.54) is 0 Å². The quantitative estimate of drug-likeness (QED) is 0.536. The third-order valence-electron chi connectivity index (χ3n) is 2.60. The first-order chi connectivity index (χ1) is 8.34. The Morgan fingerprint density at radius 3 is 2.22 bits per heavy atom. The van der Waals surface area contributed by atoms with Crippen molar-refractivity contribution in [3.8, 4) is 17.3 Å². The molecule has 2 aromatic carbocycles. The first-order valence-corrected chi connectivity index (χ1v) is 5.34. The van der Waals surface area contributed by atoms with Crippen LogP contribution >= 0.6 is 0 Å². The van der Waals surface area contributed by atoms with E-state index in [4.69, 9.17) is 0 Å². The molecule has 0 aliphatic carbocycles. The van der Waals surface area contributed by atoms with Gasteiger partial charge in [-0.1, -0.05) is 48.5 Å². The number of hydrogen-bond donors (Lipinski definition) is 0. The number of fused-ring (bicyclic) bond motifs is 1. The molecule has 3 rings (SSSR count). The van der Waals surface area contributed by atoms with Crippen LogP contribution in [0.1, 0.15) is 0 Å². The predicted molar refractivity (Wildman–Crippen MR) is 64.4 cm³/mol. The van der Waals surface area contributed by atoms with E-state index in [0.717, 1.165) is 5.56 Å². The Labute approximate surface area is 127 Å². The largest absolute Gasteiger partial charge is 1.00 e. The topological polar surface area (TPSA) is 48.8 Å². The Morgan fingerprint density at radius 1 is 0.778 bits per heavy atom. The fourth-order valence-corrected chi connectivity index (χ4v) is 1.76. The van der Waals surface area contributed by atoms with Gasteiger partial charge in [0.25, 0.3) is 0 Å². The average molecular weight is 244 g/mol. The molecule has 0 saturated heterocycles. The summed E-state index contributed by atoms with van der Waals surface area (Å²) in [5, 5.41) is 12.4. The predicted octanol–water partition coefficient (Wildman–Crippen LogP) is -0.626. The Bertz CT molecular complexity index is 671. The molecule has 0 radical (unpaired) electrons. The van der Waals surface area contributed by atoms with Gasteiger partial charge in [0, 0.05) is 10.9 Å². The first kappa shape index (κ1) is 13.0. The minimum atomic E-state index is -0.227. The molecule has 0 aliphatic heterocycles. The smallest absolute Gasteiger partial charge is 0.858 e. The molecule has 0 saturated carbocycles. The third-order valence-corrected chi connectivity index (χ3v) is 2.60. The molecule has 1 aromatic heterocycles. The van der Waals surface area contributed by atoms with Crippen molar-refractivity contribution in [2.45, 2.75) is 0 Å². The van der Waals surface area contributed by atoms with Crippen LogP contribution in [0.25, 0.3) is 22.3 Å². The van der Waals surface area contributed by atoms with Crippen molar-refractivity contribution in [3.05, 3.63) is 54.6 Å². The van der Waals surface area contributed by atoms with Crippen LogP contribution in [0.3, 0.4) is 0 Å². The maximum atomic E-state index is 11.8. The fraction of sp³-hybridized carbons (Fsp3) is 0. The van der Waals surface area contributed by atoms with Gasteiger partial charge in [-0.05, 0) is 11.9 Å². The van der Waals surface area contributed by atoms with Gasteiger partial charge in [-0.25, -0.2) is 9.97 Å². The average Bonchev–Trinajstić information content (AvgIpc) is 2.40. The molecule has 0 unspecified atom stereocenters. The van der Waals surface area contributed by atoms with E-state index in [0.29, 0.717) is 16.7 Å². The van der Waals surface area contributed by atoms with Gasteiger partial charge in [0.05, 0.1) is 5.52 Å². The summed E-state index contributed by atoms with van der Waals surface area (Å²) in [6.45, 7) is 0. The molecule has 4 heteroatoms. The second-order valence-electron chi connectivity index (χ2n) is 3.74. The fourth-order valence-electron chi connectivity index (χ4n) is 1.76. The summed E-state index contributed by atoms with van der Waals surface area (Å²) in [4.78, 5) is 8.40. The van der Waals surface area contributed by atoms with Crippen LogP contribution in [0.15, 0.2) is 54.6 Å². The van der Waals surface area contributed by atoms with E-state index in [-0.39, 0.29) is 35.4 Å². The number of para-hydroxylation sites is 1. The SMILES string of the molecule is [Na+].[O-]c1nc(-c2ccccc2)nc2ccccc12. The zero-order valence-corrected chi connectivity index (χ0v) is 12.0. The molecule has 82 valence electrons. The van der Waals surface area contributed by atoms with Crippen LogP contribution in [0.5, 0.6) is 5.88 Å². The molecular formula is C14H9N2NaO. The molecule has 0 N–H and O–H groups in total. The molecule has 0 spiro atoms. The Morgan fingerprint density at radius 2 is 1.44 bits per heavy atom. The minimum Gasteiger partial charge on any atom is -0.858 e. The number of hydrogen-bond acceptors (Lipinski definition) is 3. The molecule has 0 fully saturated rings. The Kier molecular flexibility index (Phi) is 3.97. The Hall–Kier alpha value is -1.42. The number of benzene rings is 2. The molecule has 0 aliphatic rings. The summed E-state index contributed by atoms with van der Waals surface area (Å²) >= 11 is 0. The van der Waals surface area contributed by atoms with E-state index in [9.17, 15) is 5.11 Å². The van der Waals surface area contributed by atoms with Crippen molar-refractivity contribution < 1.29 is 34.7 Å². The van der Waals surface area contributed by atoms with E-state index in [1.54, 1.807) is 6.07 Å². The van der Waals surface area contributed by atoms with E-state index in [2.05, 4.69) is 9.97 Å². The van der Waals surface area contributed by atoms with Crippen molar-refractivity contribution in [3.63, 3.8) is 0 Å². The van der Waals surface area contributed by atoms with E-state index >= 15 is 0 Å². The summed E-state index contributed by atoms with van der Waals surface area (Å²) in [6, 6.07) is 16.8. The summed E-state index contributed by atoms with van der Waals surface area (Å²) < 4.78 is 0. The van der Waals surface area contributed by atoms with Gasteiger partial charge in [-0.2, -0.15) is 0 Å². The molecular weight excluding hydrogens is 235 g/mol. The first-order valence-electron chi connectivity index (χ1n) is 5.34. The van der Waals surface area contributed by atoms with Crippen LogP contribution in [-0.2, 0) is 0 Å². The van der Waals surface area contributed by atoms with E-state index < -0.39 is 0 Å². The molecule has 0 atom stereocenters. The van der Waals surface area contributed by atoms with Crippen LogP contribution < -0.4 is 34.7 Å². The van der Waals surface area contributed by atoms with Crippen molar-refractivity contribution >= 4 is 10.9 Å². The zero-order valence-electron chi connectivity index (χ0n) is 10.00. The molecule has 18 heavy (non-hydrogen) atoms. The summed E-state index contributed by atoms with van der Waals surface area (Å²) in [5.41, 5.74) is 1.54. The second-order valence-corrected chi connectivity index (χ2v) is 3.74. The van der Waals surface area contributed by atoms with E-state index in [1.807, 2.05) is 48.5 Å². The van der Waals surface area contributed by atoms with Gasteiger partial charge in [-0.15, -0.1) is 0 Å². The van der Waals surface area contributed by atoms with Crippen molar-refractivity contribution in [2.24, 2.45) is 0 Å². The standard InChI is InChI=1S/C14H10N2O.Na/c17-14-11-8-4-5-9-12(11)15-13(16-14)10-6-2-1-3-7-10;/h1-9H,(H,15,16,17);/q;+1/p-1. The number of nitrogens with zero attached hydrogens (tertiary/aromatic N) is 2. The van der Waals surface area contributed by atoms with Gasteiger partial charge >= 0.3 is 29.6 Å². The summed E-state index contributed by atoms with van der Waals surface area (Å²) in [6.07, 6.45) is 0. The maximum absolute atomic E-state index is 11.8. The monoisotopic (exact) mass is 244 g/mol. The number of aromatic nitrogens is 2. The van der Waals surface area contributed by atoms with Crippen molar-refractivity contribution in [1.82, 2.24) is 9.97 Å². The van der Waals surface area contributed by atoms with Gasteiger partial charge in [0.1, 0.15) is 0 Å². The van der Waals surface area contributed by atoms with Crippen molar-refractivity contribution in [1.29, 1.82) is 0 Å². The second kappa shape index (κ2) is 5.48. The molecule has 1 heterocycles. The Balaban J connectivity index is 0.00000120. The third kappa shape index (κ3) is 2.38. The summed E-state index contributed by atoms with van der Waals surface area (Å²) in [7, 11) is 0. The molecule has 0 amide bonds.